The molecule has 1 aliphatic carbocycles. The molecule has 0 amide bonds. The van der Waals surface area contributed by atoms with Gasteiger partial charge in [0, 0.05) is 19.6 Å². The summed E-state index contributed by atoms with van der Waals surface area (Å²) in [5.74, 6) is 0. The van der Waals surface area contributed by atoms with Crippen LogP contribution in [0.25, 0.3) is 0 Å². The van der Waals surface area contributed by atoms with E-state index in [0.717, 1.165) is 45.3 Å². The molecule has 2 N–H and O–H groups in total. The van der Waals surface area contributed by atoms with E-state index in [9.17, 15) is 10.2 Å². The van der Waals surface area contributed by atoms with E-state index in [4.69, 9.17) is 0 Å². The van der Waals surface area contributed by atoms with Crippen LogP contribution in [0.5, 0.6) is 0 Å². The second-order valence-corrected chi connectivity index (χ2v) is 4.26. The molecule has 1 aliphatic heterocycles. The number of rotatable bonds is 2. The van der Waals surface area contributed by atoms with Crippen molar-refractivity contribution in [2.24, 2.45) is 0 Å². The molecule has 0 radical (unpaired) electrons. The van der Waals surface area contributed by atoms with Gasteiger partial charge in [-0.2, -0.15) is 0 Å². The van der Waals surface area contributed by atoms with Crippen LogP contribution >= 0.6 is 0 Å². The largest absolute Gasteiger partial charge is 0.392 e. The zero-order valence-electron chi connectivity index (χ0n) is 7.37. The van der Waals surface area contributed by atoms with Crippen molar-refractivity contribution in [3.63, 3.8) is 0 Å². The highest BCUT2D eigenvalue weighted by atomic mass is 16.3. The summed E-state index contributed by atoms with van der Waals surface area (Å²) < 4.78 is 0. The van der Waals surface area contributed by atoms with E-state index in [0.29, 0.717) is 0 Å². The highest BCUT2D eigenvalue weighted by Gasteiger charge is 2.37. The van der Waals surface area contributed by atoms with Crippen molar-refractivity contribution in [3.8, 4) is 0 Å². The Labute approximate surface area is 73.0 Å². The van der Waals surface area contributed by atoms with Crippen LogP contribution in [0.15, 0.2) is 0 Å². The molecule has 0 aromatic carbocycles. The molecule has 3 nitrogen and oxygen atoms in total. The second-order valence-electron chi connectivity index (χ2n) is 4.26. The Morgan fingerprint density at radius 3 is 2.58 bits per heavy atom. The first-order valence-corrected chi connectivity index (χ1v) is 4.81. The molecule has 0 aromatic rings. The summed E-state index contributed by atoms with van der Waals surface area (Å²) in [6, 6.07) is 0. The molecule has 1 unspecified atom stereocenters. The van der Waals surface area contributed by atoms with Gasteiger partial charge in [0.05, 0.1) is 11.7 Å². The lowest BCUT2D eigenvalue weighted by Crippen LogP contribution is -2.47. The van der Waals surface area contributed by atoms with Crippen molar-refractivity contribution in [3.05, 3.63) is 0 Å². The first-order valence-electron chi connectivity index (χ1n) is 4.81. The molecule has 3 heteroatoms. The molecule has 0 aromatic heterocycles. The lowest BCUT2D eigenvalue weighted by molar-refractivity contribution is -0.0561. The van der Waals surface area contributed by atoms with E-state index in [1.165, 1.54) is 0 Å². The van der Waals surface area contributed by atoms with Crippen LogP contribution in [0, 0.1) is 0 Å². The number of hydrogen-bond donors (Lipinski definition) is 2. The first-order chi connectivity index (χ1) is 5.68. The minimum Gasteiger partial charge on any atom is -0.392 e. The lowest BCUT2D eigenvalue weighted by atomic mass is 9.80. The van der Waals surface area contributed by atoms with Crippen molar-refractivity contribution >= 4 is 0 Å². The Hall–Kier alpha value is -0.120. The average Bonchev–Trinajstić information content (AvgIpc) is 2.32. The number of nitrogens with zero attached hydrogens (tertiary/aromatic N) is 1. The summed E-state index contributed by atoms with van der Waals surface area (Å²) in [4.78, 5) is 2.17. The van der Waals surface area contributed by atoms with E-state index in [1.807, 2.05) is 0 Å². The quantitative estimate of drug-likeness (QED) is 0.613. The van der Waals surface area contributed by atoms with Crippen LogP contribution in [0.2, 0.25) is 0 Å². The second kappa shape index (κ2) is 2.98. The average molecular weight is 171 g/mol. The molecule has 70 valence electrons. The summed E-state index contributed by atoms with van der Waals surface area (Å²) in [6.07, 6.45) is 3.76. The Bertz CT molecular complexity index is 168. The van der Waals surface area contributed by atoms with Gasteiger partial charge in [0.15, 0.2) is 0 Å². The molecule has 0 spiro atoms. The van der Waals surface area contributed by atoms with Gasteiger partial charge in [-0.25, -0.2) is 0 Å². The Balaban J connectivity index is 1.79. The van der Waals surface area contributed by atoms with Crippen molar-refractivity contribution in [2.75, 3.05) is 19.6 Å². The third-order valence-electron chi connectivity index (χ3n) is 3.05. The Morgan fingerprint density at radius 1 is 1.42 bits per heavy atom. The van der Waals surface area contributed by atoms with Crippen LogP contribution in [0.1, 0.15) is 25.7 Å². The highest BCUT2D eigenvalue weighted by Crippen LogP contribution is 2.32. The fraction of sp³-hybridized carbons (Fsp3) is 1.00. The molecule has 1 saturated carbocycles. The molecule has 2 aliphatic rings. The minimum atomic E-state index is -0.413. The molecule has 1 atom stereocenters. The third kappa shape index (κ3) is 1.63. The summed E-state index contributed by atoms with van der Waals surface area (Å²) >= 11 is 0. The number of aliphatic hydroxyl groups excluding tert-OH is 1. The summed E-state index contributed by atoms with van der Waals surface area (Å²) in [5, 5.41) is 19.1. The summed E-state index contributed by atoms with van der Waals surface area (Å²) in [6.45, 7) is 2.47. The Kier molecular flexibility index (Phi) is 2.10. The fourth-order valence-electron chi connectivity index (χ4n) is 2.12. The van der Waals surface area contributed by atoms with Crippen molar-refractivity contribution in [1.29, 1.82) is 0 Å². The number of aliphatic hydroxyl groups is 2. The predicted octanol–water partition coefficient (Wildman–Crippen LogP) is -0.0320. The van der Waals surface area contributed by atoms with E-state index < -0.39 is 5.60 Å². The van der Waals surface area contributed by atoms with Gasteiger partial charge in [-0.1, -0.05) is 0 Å². The SMILES string of the molecule is OC1CCN(CC2(O)CCC2)C1. The fourth-order valence-corrected chi connectivity index (χ4v) is 2.12. The van der Waals surface area contributed by atoms with Gasteiger partial charge < -0.3 is 10.2 Å². The van der Waals surface area contributed by atoms with Gasteiger partial charge in [0.2, 0.25) is 0 Å². The van der Waals surface area contributed by atoms with Crippen molar-refractivity contribution in [2.45, 2.75) is 37.4 Å². The van der Waals surface area contributed by atoms with Crippen LogP contribution in [-0.2, 0) is 0 Å². The summed E-state index contributed by atoms with van der Waals surface area (Å²) in [7, 11) is 0. The van der Waals surface area contributed by atoms with Crippen LogP contribution in [0.4, 0.5) is 0 Å². The van der Waals surface area contributed by atoms with Gasteiger partial charge in [-0.05, 0) is 25.7 Å². The summed E-state index contributed by atoms with van der Waals surface area (Å²) in [5.41, 5.74) is -0.413. The number of likely N-dealkylation sites (tertiary alicyclic amines) is 1. The van der Waals surface area contributed by atoms with Gasteiger partial charge in [0.25, 0.3) is 0 Å². The Morgan fingerprint density at radius 2 is 2.17 bits per heavy atom. The standard InChI is InChI=1S/C9H17NO2/c11-8-2-5-10(6-8)7-9(12)3-1-4-9/h8,11-12H,1-7H2. The van der Waals surface area contributed by atoms with Gasteiger partial charge in [0.1, 0.15) is 0 Å². The predicted molar refractivity (Wildman–Crippen MR) is 45.9 cm³/mol. The molecule has 0 bridgehead atoms. The maximum Gasteiger partial charge on any atom is 0.0774 e. The van der Waals surface area contributed by atoms with E-state index >= 15 is 0 Å². The van der Waals surface area contributed by atoms with E-state index in [-0.39, 0.29) is 6.10 Å². The van der Waals surface area contributed by atoms with Gasteiger partial charge in [-0.15, -0.1) is 0 Å². The number of β-amino-alcohol motifs (C(OH)–C–C–N with tert-alkyl or cyclic N) is 2. The smallest absolute Gasteiger partial charge is 0.0774 e. The molecular weight excluding hydrogens is 154 g/mol. The first kappa shape index (κ1) is 8.48. The van der Waals surface area contributed by atoms with Crippen LogP contribution < -0.4 is 0 Å². The molecule has 1 heterocycles. The topological polar surface area (TPSA) is 43.7 Å². The molecule has 12 heavy (non-hydrogen) atoms. The lowest BCUT2D eigenvalue weighted by Gasteiger charge is -2.39. The van der Waals surface area contributed by atoms with Crippen molar-refractivity contribution in [1.82, 2.24) is 4.90 Å². The highest BCUT2D eigenvalue weighted by molar-refractivity contribution is 4.92. The molecule has 1 saturated heterocycles. The molecule has 2 fully saturated rings. The van der Waals surface area contributed by atoms with Crippen LogP contribution in [0.3, 0.4) is 0 Å². The molecule has 2 rings (SSSR count). The molecular formula is C9H17NO2. The normalized spacial score (nSPS) is 35.0. The zero-order chi connectivity index (χ0) is 8.60. The van der Waals surface area contributed by atoms with Crippen LogP contribution in [-0.4, -0.2) is 46.5 Å². The van der Waals surface area contributed by atoms with Gasteiger partial charge >= 0.3 is 0 Å². The minimum absolute atomic E-state index is 0.159. The van der Waals surface area contributed by atoms with Crippen molar-refractivity contribution < 1.29 is 10.2 Å². The third-order valence-corrected chi connectivity index (χ3v) is 3.05. The maximum atomic E-state index is 9.83. The van der Waals surface area contributed by atoms with E-state index in [1.54, 1.807) is 0 Å². The van der Waals surface area contributed by atoms with Gasteiger partial charge in [-0.3, -0.25) is 4.90 Å². The zero-order valence-corrected chi connectivity index (χ0v) is 7.37. The van der Waals surface area contributed by atoms with E-state index in [2.05, 4.69) is 4.90 Å². The number of hydrogen-bond acceptors (Lipinski definition) is 3. The maximum absolute atomic E-state index is 9.83. The monoisotopic (exact) mass is 171 g/mol.